The van der Waals surface area contributed by atoms with Crippen LogP contribution in [0.25, 0.3) is 0 Å². The predicted molar refractivity (Wildman–Crippen MR) is 39.5 cm³/mol. The van der Waals surface area contributed by atoms with Crippen LogP contribution >= 0.6 is 23.2 Å². The summed E-state index contributed by atoms with van der Waals surface area (Å²) < 4.78 is 0. The predicted octanol–water partition coefficient (Wildman–Crippen LogP) is 3.15. The average molecular weight is 153 g/mol. The Hall–Kier alpha value is 0.320. The molecule has 48 valence electrons. The molecule has 0 atom stereocenters. The molecule has 0 saturated carbocycles. The lowest BCUT2D eigenvalue weighted by atomic mass is 10.3. The zero-order chi connectivity index (χ0) is 6.41. The molecule has 0 amide bonds. The van der Waals surface area contributed by atoms with Gasteiger partial charge in [-0.2, -0.15) is 0 Å². The highest BCUT2D eigenvalue weighted by atomic mass is 35.5. The minimum absolute atomic E-state index is 0.203. The van der Waals surface area contributed by atoms with E-state index >= 15 is 0 Å². The Kier molecular flexibility index (Phi) is 5.67. The third kappa shape index (κ3) is 6.32. The van der Waals surface area contributed by atoms with Crippen LogP contribution in [0.4, 0.5) is 0 Å². The fraction of sp³-hybridized carbons (Fsp3) is 0.667. The number of allylic oxidation sites excluding steroid dienone is 2. The van der Waals surface area contributed by atoms with Gasteiger partial charge in [0.2, 0.25) is 0 Å². The van der Waals surface area contributed by atoms with E-state index < -0.39 is 0 Å². The first-order chi connectivity index (χ1) is 3.77. The second kappa shape index (κ2) is 5.46. The van der Waals surface area contributed by atoms with Gasteiger partial charge in [0, 0.05) is 0 Å². The summed E-state index contributed by atoms with van der Waals surface area (Å²) in [6, 6.07) is 0. The molecule has 0 nitrogen and oxygen atoms in total. The smallest absolute Gasteiger partial charge is 0.105 e. The highest BCUT2D eigenvalue weighted by Gasteiger charge is 1.93. The molecule has 2 heteroatoms. The van der Waals surface area contributed by atoms with Gasteiger partial charge in [-0.3, -0.25) is 0 Å². The van der Waals surface area contributed by atoms with Gasteiger partial charge in [0.15, 0.2) is 0 Å². The summed E-state index contributed by atoms with van der Waals surface area (Å²) in [5.41, 5.74) is 0. The van der Waals surface area contributed by atoms with Gasteiger partial charge < -0.3 is 0 Å². The van der Waals surface area contributed by atoms with Crippen LogP contribution in [0.5, 0.6) is 0 Å². The molecule has 0 bridgehead atoms. The molecule has 0 fully saturated rings. The van der Waals surface area contributed by atoms with Crippen LogP contribution in [0.2, 0.25) is 0 Å². The number of rotatable bonds is 3. The van der Waals surface area contributed by atoms with E-state index in [2.05, 4.69) is 6.08 Å². The fourth-order valence-corrected chi connectivity index (χ4v) is 0.641. The Bertz CT molecular complexity index is 66.9. The Morgan fingerprint density at radius 2 is 2.12 bits per heavy atom. The maximum Gasteiger partial charge on any atom is 0.108 e. The van der Waals surface area contributed by atoms with Crippen LogP contribution in [-0.2, 0) is 0 Å². The molecule has 0 saturated heterocycles. The maximum absolute atomic E-state index is 5.45. The summed E-state index contributed by atoms with van der Waals surface area (Å²) in [5.74, 6) is 0. The topological polar surface area (TPSA) is 0 Å². The van der Waals surface area contributed by atoms with Crippen molar-refractivity contribution in [2.75, 3.05) is 0 Å². The van der Waals surface area contributed by atoms with Gasteiger partial charge >= 0.3 is 0 Å². The summed E-state index contributed by atoms with van der Waals surface area (Å²) >= 11 is 10.9. The molecule has 0 aromatic rings. The van der Waals surface area contributed by atoms with Gasteiger partial charge in [-0.25, -0.2) is 0 Å². The summed E-state index contributed by atoms with van der Waals surface area (Å²) in [7, 11) is 0. The van der Waals surface area contributed by atoms with Crippen molar-refractivity contribution in [3.05, 3.63) is 12.2 Å². The molecule has 0 unspecified atom stereocenters. The number of halogens is 2. The van der Waals surface area contributed by atoms with Gasteiger partial charge in [-0.1, -0.05) is 12.2 Å². The zero-order valence-corrected chi connectivity index (χ0v) is 6.41. The lowest BCUT2D eigenvalue weighted by Crippen LogP contribution is -1.82. The van der Waals surface area contributed by atoms with Crippen molar-refractivity contribution in [1.82, 2.24) is 0 Å². The maximum atomic E-state index is 5.45. The molecule has 8 heavy (non-hydrogen) atoms. The first-order valence-electron chi connectivity index (χ1n) is 2.66. The first kappa shape index (κ1) is 8.32. The summed E-state index contributed by atoms with van der Waals surface area (Å²) in [4.78, 5) is -0.203. The fourth-order valence-electron chi connectivity index (χ4n) is 0.389. The van der Waals surface area contributed by atoms with Crippen molar-refractivity contribution in [1.29, 1.82) is 0 Å². The number of hydrogen-bond acceptors (Lipinski definition) is 0. The second-order valence-electron chi connectivity index (χ2n) is 1.54. The lowest BCUT2D eigenvalue weighted by Gasteiger charge is -1.92. The third-order valence-electron chi connectivity index (χ3n) is 0.787. The summed E-state index contributed by atoms with van der Waals surface area (Å²) in [5, 5.41) is 0. The van der Waals surface area contributed by atoms with E-state index in [1.807, 2.05) is 13.0 Å². The van der Waals surface area contributed by atoms with E-state index in [1.165, 1.54) is 0 Å². The number of alkyl halides is 2. The zero-order valence-electron chi connectivity index (χ0n) is 4.90. The van der Waals surface area contributed by atoms with Crippen molar-refractivity contribution in [3.63, 3.8) is 0 Å². The Balaban J connectivity index is 2.93. The molecule has 0 heterocycles. The lowest BCUT2D eigenvalue weighted by molar-refractivity contribution is 0.923. The van der Waals surface area contributed by atoms with E-state index in [0.717, 1.165) is 12.8 Å². The normalized spacial score (nSPS) is 11.5. The highest BCUT2D eigenvalue weighted by molar-refractivity contribution is 6.44. The Labute approximate surface area is 60.5 Å². The minimum Gasteiger partial charge on any atom is -0.105 e. The third-order valence-corrected chi connectivity index (χ3v) is 1.22. The summed E-state index contributed by atoms with van der Waals surface area (Å²) in [6.07, 6.45) is 5.88. The van der Waals surface area contributed by atoms with E-state index in [9.17, 15) is 0 Å². The van der Waals surface area contributed by atoms with Crippen LogP contribution < -0.4 is 0 Å². The SMILES string of the molecule is CC=CCCC(Cl)Cl. The second-order valence-corrected chi connectivity index (χ2v) is 2.81. The molecule has 0 rings (SSSR count). The standard InChI is InChI=1S/C6H10Cl2/c1-2-3-4-5-6(7)8/h2-3,6H,4-5H2,1H3. The molecular weight excluding hydrogens is 143 g/mol. The van der Waals surface area contributed by atoms with Gasteiger partial charge in [0.25, 0.3) is 0 Å². The molecule has 0 spiro atoms. The molecule has 0 aliphatic rings. The number of hydrogen-bond donors (Lipinski definition) is 0. The van der Waals surface area contributed by atoms with E-state index in [1.54, 1.807) is 0 Å². The first-order valence-corrected chi connectivity index (χ1v) is 3.54. The largest absolute Gasteiger partial charge is 0.108 e. The molecule has 0 aromatic carbocycles. The van der Waals surface area contributed by atoms with Crippen molar-refractivity contribution in [2.24, 2.45) is 0 Å². The molecular formula is C6H10Cl2. The average Bonchev–Trinajstić information content (AvgIpc) is 1.66. The molecule has 0 aliphatic carbocycles. The van der Waals surface area contributed by atoms with Crippen molar-refractivity contribution < 1.29 is 0 Å². The van der Waals surface area contributed by atoms with Crippen LogP contribution in [0.3, 0.4) is 0 Å². The summed E-state index contributed by atoms with van der Waals surface area (Å²) in [6.45, 7) is 1.98. The molecule has 0 aliphatic heterocycles. The van der Waals surface area contributed by atoms with Crippen LogP contribution in [0, 0.1) is 0 Å². The van der Waals surface area contributed by atoms with Crippen LogP contribution in [0.1, 0.15) is 19.8 Å². The Morgan fingerprint density at radius 1 is 1.50 bits per heavy atom. The van der Waals surface area contributed by atoms with Gasteiger partial charge in [-0.05, 0) is 19.8 Å². The van der Waals surface area contributed by atoms with Gasteiger partial charge in [-0.15, -0.1) is 23.2 Å². The molecule has 0 N–H and O–H groups in total. The van der Waals surface area contributed by atoms with Crippen LogP contribution in [0.15, 0.2) is 12.2 Å². The monoisotopic (exact) mass is 152 g/mol. The quantitative estimate of drug-likeness (QED) is 0.431. The van der Waals surface area contributed by atoms with Crippen molar-refractivity contribution in [3.8, 4) is 0 Å². The van der Waals surface area contributed by atoms with Crippen molar-refractivity contribution >= 4 is 23.2 Å². The van der Waals surface area contributed by atoms with Crippen molar-refractivity contribution in [2.45, 2.75) is 24.6 Å². The van der Waals surface area contributed by atoms with E-state index in [0.29, 0.717) is 0 Å². The van der Waals surface area contributed by atoms with Crippen LogP contribution in [-0.4, -0.2) is 4.84 Å². The van der Waals surface area contributed by atoms with E-state index in [-0.39, 0.29) is 4.84 Å². The van der Waals surface area contributed by atoms with Gasteiger partial charge in [0.1, 0.15) is 4.84 Å². The van der Waals surface area contributed by atoms with E-state index in [4.69, 9.17) is 23.2 Å². The van der Waals surface area contributed by atoms with Gasteiger partial charge in [0.05, 0.1) is 0 Å². The molecule has 0 aromatic heterocycles. The molecule has 0 radical (unpaired) electrons. The highest BCUT2D eigenvalue weighted by Crippen LogP contribution is 2.09. The Morgan fingerprint density at radius 3 is 2.50 bits per heavy atom. The minimum atomic E-state index is -0.203.